The maximum absolute atomic E-state index is 12.9. The van der Waals surface area contributed by atoms with Crippen molar-refractivity contribution in [1.82, 2.24) is 14.9 Å². The Balaban J connectivity index is 1.47. The van der Waals surface area contributed by atoms with Crippen molar-refractivity contribution in [1.29, 1.82) is 0 Å². The van der Waals surface area contributed by atoms with Crippen LogP contribution >= 0.6 is 11.6 Å². The Morgan fingerprint density at radius 2 is 1.83 bits per heavy atom. The van der Waals surface area contributed by atoms with E-state index >= 15 is 0 Å². The molecule has 1 amide bonds. The lowest BCUT2D eigenvalue weighted by atomic mass is 10.1. The molecule has 5 rings (SSSR count). The standard InChI is InChI=1S/C24H20ClN3O2/c25-18-11-9-17(10-12-18)23-27-21-8-4-7-20-22(21)28(23)13-19(26-24(20)29)15-30-14-16-5-2-1-3-6-16/h1-12,19H,13-15H2,(H,26,29)/t19-/m1/s1. The number of nitrogens with zero attached hydrogens (tertiary/aromatic N) is 2. The highest BCUT2D eigenvalue weighted by atomic mass is 35.5. The number of hydrogen-bond acceptors (Lipinski definition) is 3. The fourth-order valence-corrected chi connectivity index (χ4v) is 4.01. The van der Waals surface area contributed by atoms with Gasteiger partial charge in [0.2, 0.25) is 0 Å². The summed E-state index contributed by atoms with van der Waals surface area (Å²) in [4.78, 5) is 17.7. The van der Waals surface area contributed by atoms with Gasteiger partial charge in [0.1, 0.15) is 5.82 Å². The van der Waals surface area contributed by atoms with Gasteiger partial charge in [-0.05, 0) is 42.0 Å². The van der Waals surface area contributed by atoms with Crippen LogP contribution in [-0.2, 0) is 17.9 Å². The van der Waals surface area contributed by atoms with Gasteiger partial charge in [-0.1, -0.05) is 48.0 Å². The molecule has 4 aromatic rings. The quantitative estimate of drug-likeness (QED) is 0.512. The molecule has 3 aromatic carbocycles. The number of nitrogens with one attached hydrogen (secondary N) is 1. The Labute approximate surface area is 179 Å². The summed E-state index contributed by atoms with van der Waals surface area (Å²) in [6, 6.07) is 23.1. The van der Waals surface area contributed by atoms with Crippen LogP contribution in [0.5, 0.6) is 0 Å². The zero-order valence-corrected chi connectivity index (χ0v) is 17.0. The average Bonchev–Trinajstić information content (AvgIpc) is 3.06. The third-order valence-electron chi connectivity index (χ3n) is 5.28. The minimum atomic E-state index is -0.169. The van der Waals surface area contributed by atoms with Crippen molar-refractivity contribution < 1.29 is 9.53 Å². The predicted molar refractivity (Wildman–Crippen MR) is 118 cm³/mol. The second-order valence-corrected chi connectivity index (χ2v) is 7.83. The smallest absolute Gasteiger partial charge is 0.253 e. The third-order valence-corrected chi connectivity index (χ3v) is 5.53. The lowest BCUT2D eigenvalue weighted by Crippen LogP contribution is -2.39. The van der Waals surface area contributed by atoms with Crippen molar-refractivity contribution in [3.63, 3.8) is 0 Å². The van der Waals surface area contributed by atoms with Gasteiger partial charge in [0.25, 0.3) is 5.91 Å². The summed E-state index contributed by atoms with van der Waals surface area (Å²) in [7, 11) is 0. The molecule has 0 unspecified atom stereocenters. The van der Waals surface area contributed by atoms with Crippen molar-refractivity contribution >= 4 is 28.5 Å². The maximum atomic E-state index is 12.9. The summed E-state index contributed by atoms with van der Waals surface area (Å²) in [5.41, 5.74) is 4.35. The second-order valence-electron chi connectivity index (χ2n) is 7.40. The number of amides is 1. The van der Waals surface area contributed by atoms with E-state index < -0.39 is 0 Å². The normalized spacial score (nSPS) is 15.8. The van der Waals surface area contributed by atoms with E-state index in [1.165, 1.54) is 0 Å². The number of ether oxygens (including phenoxy) is 1. The Morgan fingerprint density at radius 3 is 2.63 bits per heavy atom. The summed E-state index contributed by atoms with van der Waals surface area (Å²) < 4.78 is 8.04. The molecule has 1 aliphatic heterocycles. The summed E-state index contributed by atoms with van der Waals surface area (Å²) >= 11 is 6.07. The van der Waals surface area contributed by atoms with Crippen molar-refractivity contribution in [2.24, 2.45) is 0 Å². The zero-order valence-electron chi connectivity index (χ0n) is 16.2. The lowest BCUT2D eigenvalue weighted by molar-refractivity contribution is 0.0784. The Kier molecular flexibility index (Phi) is 4.99. The molecule has 5 nitrogen and oxygen atoms in total. The molecule has 1 aliphatic rings. The number of hydrogen-bond donors (Lipinski definition) is 1. The molecule has 150 valence electrons. The zero-order chi connectivity index (χ0) is 20.5. The van der Waals surface area contributed by atoms with Crippen LogP contribution in [0.4, 0.5) is 0 Å². The van der Waals surface area contributed by atoms with Gasteiger partial charge < -0.3 is 14.6 Å². The minimum absolute atomic E-state index is 0.102. The van der Waals surface area contributed by atoms with Crippen molar-refractivity contribution in [3.8, 4) is 11.4 Å². The number of carbonyl (C=O) groups excluding carboxylic acids is 1. The number of halogens is 1. The van der Waals surface area contributed by atoms with Gasteiger partial charge in [0.05, 0.1) is 35.9 Å². The molecule has 2 heterocycles. The molecule has 0 aliphatic carbocycles. The molecule has 0 radical (unpaired) electrons. The highest BCUT2D eigenvalue weighted by molar-refractivity contribution is 6.30. The molecule has 0 saturated carbocycles. The molecular formula is C24H20ClN3O2. The number of aromatic nitrogens is 2. The second kappa shape index (κ2) is 7.94. The van der Waals surface area contributed by atoms with E-state index in [0.29, 0.717) is 30.3 Å². The fourth-order valence-electron chi connectivity index (χ4n) is 3.88. The SMILES string of the molecule is O=C1N[C@@H](COCc2ccccc2)Cn2c(-c3ccc(Cl)cc3)nc3cccc1c32. The van der Waals surface area contributed by atoms with Gasteiger partial charge >= 0.3 is 0 Å². The summed E-state index contributed by atoms with van der Waals surface area (Å²) in [5.74, 6) is 0.717. The first kappa shape index (κ1) is 18.9. The molecule has 30 heavy (non-hydrogen) atoms. The van der Waals surface area contributed by atoms with Crippen LogP contribution in [0.3, 0.4) is 0 Å². The van der Waals surface area contributed by atoms with Crippen LogP contribution in [0.1, 0.15) is 15.9 Å². The predicted octanol–water partition coefficient (Wildman–Crippen LogP) is 4.69. The molecule has 1 aromatic heterocycles. The highest BCUT2D eigenvalue weighted by Crippen LogP contribution is 2.30. The first-order valence-corrected chi connectivity index (χ1v) is 10.2. The topological polar surface area (TPSA) is 56.1 Å². The molecule has 0 bridgehead atoms. The Hall–Kier alpha value is -3.15. The summed E-state index contributed by atoms with van der Waals surface area (Å²) in [6.07, 6.45) is 0. The summed E-state index contributed by atoms with van der Waals surface area (Å²) in [5, 5.41) is 3.79. The van der Waals surface area contributed by atoms with Crippen LogP contribution in [0.15, 0.2) is 72.8 Å². The van der Waals surface area contributed by atoms with Crippen LogP contribution < -0.4 is 5.32 Å². The van der Waals surface area contributed by atoms with Gasteiger partial charge in [-0.25, -0.2) is 4.98 Å². The Morgan fingerprint density at radius 1 is 1.03 bits per heavy atom. The molecule has 1 N–H and O–H groups in total. The van der Waals surface area contributed by atoms with Gasteiger partial charge in [0.15, 0.2) is 0 Å². The van der Waals surface area contributed by atoms with E-state index in [9.17, 15) is 4.79 Å². The van der Waals surface area contributed by atoms with Crippen LogP contribution in [-0.4, -0.2) is 28.1 Å². The van der Waals surface area contributed by atoms with E-state index in [2.05, 4.69) is 9.88 Å². The number of carbonyl (C=O) groups is 1. The first-order chi connectivity index (χ1) is 14.7. The van der Waals surface area contributed by atoms with Gasteiger partial charge in [0, 0.05) is 17.1 Å². The lowest BCUT2D eigenvalue weighted by Gasteiger charge is -2.18. The van der Waals surface area contributed by atoms with E-state index in [1.54, 1.807) is 0 Å². The van der Waals surface area contributed by atoms with Gasteiger partial charge in [-0.3, -0.25) is 4.79 Å². The molecule has 0 spiro atoms. The van der Waals surface area contributed by atoms with E-state index in [1.807, 2.05) is 72.8 Å². The van der Waals surface area contributed by atoms with E-state index in [4.69, 9.17) is 21.3 Å². The van der Waals surface area contributed by atoms with E-state index in [-0.39, 0.29) is 11.9 Å². The average molecular weight is 418 g/mol. The number of para-hydroxylation sites is 1. The number of benzene rings is 3. The number of rotatable bonds is 5. The fraction of sp³-hybridized carbons (Fsp3) is 0.167. The van der Waals surface area contributed by atoms with Crippen molar-refractivity contribution in [2.45, 2.75) is 19.2 Å². The molecule has 0 saturated heterocycles. The number of imidazole rings is 1. The summed E-state index contributed by atoms with van der Waals surface area (Å²) in [6.45, 7) is 1.49. The molecule has 6 heteroatoms. The molecule has 1 atom stereocenters. The van der Waals surface area contributed by atoms with Crippen molar-refractivity contribution in [3.05, 3.63) is 88.9 Å². The van der Waals surface area contributed by atoms with Gasteiger partial charge in [-0.2, -0.15) is 0 Å². The van der Waals surface area contributed by atoms with Crippen LogP contribution in [0.25, 0.3) is 22.4 Å². The monoisotopic (exact) mass is 417 g/mol. The van der Waals surface area contributed by atoms with Crippen molar-refractivity contribution in [2.75, 3.05) is 6.61 Å². The third kappa shape index (κ3) is 3.58. The first-order valence-electron chi connectivity index (χ1n) is 9.87. The van der Waals surface area contributed by atoms with Crippen LogP contribution in [0, 0.1) is 0 Å². The molecule has 0 fully saturated rings. The van der Waals surface area contributed by atoms with Crippen LogP contribution in [0.2, 0.25) is 5.02 Å². The minimum Gasteiger partial charge on any atom is -0.375 e. The van der Waals surface area contributed by atoms with Gasteiger partial charge in [-0.15, -0.1) is 0 Å². The maximum Gasteiger partial charge on any atom is 0.253 e. The largest absolute Gasteiger partial charge is 0.375 e. The van der Waals surface area contributed by atoms with E-state index in [0.717, 1.165) is 28.0 Å². The highest BCUT2D eigenvalue weighted by Gasteiger charge is 2.26. The molecular weight excluding hydrogens is 398 g/mol. The Bertz CT molecular complexity index is 1200.